The van der Waals surface area contributed by atoms with Gasteiger partial charge >= 0.3 is 0 Å². The minimum Gasteiger partial charge on any atom is -0.455 e. The number of hydrogen-bond donors (Lipinski definition) is 0. The maximum atomic E-state index is 6.41. The van der Waals surface area contributed by atoms with Crippen LogP contribution in [0.2, 0.25) is 0 Å². The summed E-state index contributed by atoms with van der Waals surface area (Å²) in [4.78, 5) is 2.35. The van der Waals surface area contributed by atoms with Gasteiger partial charge in [-0.15, -0.1) is 11.3 Å². The van der Waals surface area contributed by atoms with E-state index in [1.807, 2.05) is 17.4 Å². The van der Waals surface area contributed by atoms with Gasteiger partial charge in [-0.2, -0.15) is 0 Å². The van der Waals surface area contributed by atoms with Crippen molar-refractivity contribution in [2.75, 3.05) is 4.90 Å². The maximum Gasteiger partial charge on any atom is 0.143 e. The van der Waals surface area contributed by atoms with Gasteiger partial charge in [-0.25, -0.2) is 0 Å². The maximum absolute atomic E-state index is 6.41. The summed E-state index contributed by atoms with van der Waals surface area (Å²) in [6.07, 6.45) is 0. The SMILES string of the molecule is c1ccc(-c2ccc(N(c3ccc(-c4cc5c6ccccc6oc5c5ccccc45)cc3)c3ccc(-c4cccc5c4sc4ccccc45)cc3)cc2)cc1. The molecule has 2 heterocycles. The minimum absolute atomic E-state index is 0.913. The monoisotopic (exact) mass is 719 g/mol. The predicted octanol–water partition coefficient (Wildman–Crippen LogP) is 15.6. The van der Waals surface area contributed by atoms with E-state index in [0.29, 0.717) is 0 Å². The number of hydrogen-bond acceptors (Lipinski definition) is 3. The lowest BCUT2D eigenvalue weighted by atomic mass is 9.95. The number of furan rings is 1. The molecule has 11 aromatic rings. The summed E-state index contributed by atoms with van der Waals surface area (Å²) >= 11 is 1.87. The van der Waals surface area contributed by atoms with E-state index in [2.05, 4.69) is 199 Å². The lowest BCUT2D eigenvalue weighted by Gasteiger charge is -2.26. The highest BCUT2D eigenvalue weighted by Crippen LogP contribution is 2.43. The summed E-state index contributed by atoms with van der Waals surface area (Å²) in [7, 11) is 0. The van der Waals surface area contributed by atoms with Gasteiger partial charge in [0.1, 0.15) is 11.2 Å². The topological polar surface area (TPSA) is 16.4 Å². The number of rotatable bonds is 6. The molecule has 0 radical (unpaired) electrons. The number of benzene rings is 9. The highest BCUT2D eigenvalue weighted by molar-refractivity contribution is 7.26. The first-order valence-corrected chi connectivity index (χ1v) is 19.5. The highest BCUT2D eigenvalue weighted by atomic mass is 32.1. The average Bonchev–Trinajstić information content (AvgIpc) is 3.84. The van der Waals surface area contributed by atoms with Crippen LogP contribution in [0.5, 0.6) is 0 Å². The molecule has 0 unspecified atom stereocenters. The smallest absolute Gasteiger partial charge is 0.143 e. The molecule has 0 aliphatic heterocycles. The third-order valence-corrected chi connectivity index (χ3v) is 12.1. The quantitative estimate of drug-likeness (QED) is 0.170. The molecule has 0 N–H and O–H groups in total. The first kappa shape index (κ1) is 31.6. The summed E-state index contributed by atoms with van der Waals surface area (Å²) < 4.78 is 9.06. The van der Waals surface area contributed by atoms with Crippen molar-refractivity contribution >= 4 is 81.3 Å². The zero-order valence-electron chi connectivity index (χ0n) is 29.8. The van der Waals surface area contributed by atoms with Crippen LogP contribution < -0.4 is 4.90 Å². The lowest BCUT2D eigenvalue weighted by molar-refractivity contribution is 0.672. The standard InChI is InChI=1S/C52H33NOS/c1-2-11-34(12-3-1)35-21-27-38(28-22-35)53(39-29-23-36(24-30-39)41-17-10-18-46-44-15-7-9-20-50(44)55-52(41)46)40-31-25-37(26-32-40)47-33-48-43-14-6-8-19-49(43)54-51(48)45-16-5-4-13-42(45)47/h1-33H. The van der Waals surface area contributed by atoms with Gasteiger partial charge < -0.3 is 9.32 Å². The molecule has 0 spiro atoms. The molecule has 0 aliphatic carbocycles. The van der Waals surface area contributed by atoms with Crippen LogP contribution in [0.25, 0.3) is 86.3 Å². The van der Waals surface area contributed by atoms with Crippen molar-refractivity contribution < 1.29 is 4.42 Å². The normalized spacial score (nSPS) is 11.6. The molecule has 3 heteroatoms. The number of para-hydroxylation sites is 1. The van der Waals surface area contributed by atoms with Crippen LogP contribution in [0.4, 0.5) is 17.1 Å². The number of nitrogens with zero attached hydrogens (tertiary/aromatic N) is 1. The molecule has 0 fully saturated rings. The van der Waals surface area contributed by atoms with E-state index < -0.39 is 0 Å². The van der Waals surface area contributed by atoms with E-state index in [9.17, 15) is 0 Å². The van der Waals surface area contributed by atoms with Crippen LogP contribution in [0.15, 0.2) is 205 Å². The molecule has 0 amide bonds. The molecule has 55 heavy (non-hydrogen) atoms. The highest BCUT2D eigenvalue weighted by Gasteiger charge is 2.18. The van der Waals surface area contributed by atoms with Crippen molar-refractivity contribution in [3.8, 4) is 33.4 Å². The minimum atomic E-state index is 0.913. The van der Waals surface area contributed by atoms with Crippen molar-refractivity contribution in [1.82, 2.24) is 0 Å². The van der Waals surface area contributed by atoms with Crippen LogP contribution in [-0.2, 0) is 0 Å². The molecule has 0 saturated heterocycles. The Morgan fingerprint density at radius 3 is 1.58 bits per heavy atom. The number of thiophene rings is 1. The fourth-order valence-electron chi connectivity index (χ4n) is 8.22. The Balaban J connectivity index is 1.02. The van der Waals surface area contributed by atoms with E-state index in [1.54, 1.807) is 0 Å². The van der Waals surface area contributed by atoms with Gasteiger partial charge in [-0.05, 0) is 93.4 Å². The third-order valence-electron chi connectivity index (χ3n) is 10.9. The van der Waals surface area contributed by atoms with E-state index in [4.69, 9.17) is 4.42 Å². The van der Waals surface area contributed by atoms with E-state index in [0.717, 1.165) is 44.4 Å². The molecule has 0 aliphatic rings. The Kier molecular flexibility index (Phi) is 7.39. The summed E-state index contributed by atoms with van der Waals surface area (Å²) in [6.45, 7) is 0. The summed E-state index contributed by atoms with van der Waals surface area (Å²) in [5.41, 5.74) is 12.4. The second-order valence-electron chi connectivity index (χ2n) is 14.1. The molecule has 9 aromatic carbocycles. The molecule has 2 nitrogen and oxygen atoms in total. The van der Waals surface area contributed by atoms with Gasteiger partial charge in [0.15, 0.2) is 0 Å². The second kappa shape index (κ2) is 12.9. The molecular formula is C52H33NOS. The summed E-state index contributed by atoms with van der Waals surface area (Å²) in [5, 5.41) is 7.22. The molecule has 2 aromatic heterocycles. The zero-order chi connectivity index (χ0) is 36.3. The first-order valence-electron chi connectivity index (χ1n) is 18.7. The lowest BCUT2D eigenvalue weighted by Crippen LogP contribution is -2.09. The Labute approximate surface area is 322 Å². The van der Waals surface area contributed by atoms with E-state index >= 15 is 0 Å². The fourth-order valence-corrected chi connectivity index (χ4v) is 9.46. The van der Waals surface area contributed by atoms with Crippen LogP contribution in [0.3, 0.4) is 0 Å². The molecule has 0 saturated carbocycles. The molecule has 0 atom stereocenters. The van der Waals surface area contributed by atoms with Crippen molar-refractivity contribution in [2.45, 2.75) is 0 Å². The van der Waals surface area contributed by atoms with Gasteiger partial charge in [0.25, 0.3) is 0 Å². The Morgan fingerprint density at radius 2 is 0.873 bits per heavy atom. The molecular weight excluding hydrogens is 687 g/mol. The molecule has 11 rings (SSSR count). The largest absolute Gasteiger partial charge is 0.455 e. The number of fused-ring (bicyclic) bond motifs is 8. The first-order chi connectivity index (χ1) is 27.3. The van der Waals surface area contributed by atoms with Crippen molar-refractivity contribution in [3.05, 3.63) is 200 Å². The second-order valence-corrected chi connectivity index (χ2v) is 15.1. The average molecular weight is 720 g/mol. The van der Waals surface area contributed by atoms with Crippen molar-refractivity contribution in [2.24, 2.45) is 0 Å². The van der Waals surface area contributed by atoms with Gasteiger partial charge in [-0.3, -0.25) is 0 Å². The summed E-state index contributed by atoms with van der Waals surface area (Å²) in [5.74, 6) is 0. The summed E-state index contributed by atoms with van der Waals surface area (Å²) in [6, 6.07) is 72.1. The van der Waals surface area contributed by atoms with Crippen LogP contribution in [-0.4, -0.2) is 0 Å². The Bertz CT molecular complexity index is 3170. The Hall–Kier alpha value is -6.94. The van der Waals surface area contributed by atoms with Crippen molar-refractivity contribution in [3.63, 3.8) is 0 Å². The van der Waals surface area contributed by atoms with E-state index in [1.165, 1.54) is 58.9 Å². The fraction of sp³-hybridized carbons (Fsp3) is 0. The predicted molar refractivity (Wildman–Crippen MR) is 235 cm³/mol. The van der Waals surface area contributed by atoms with Crippen molar-refractivity contribution in [1.29, 1.82) is 0 Å². The van der Waals surface area contributed by atoms with Crippen LogP contribution in [0, 0.1) is 0 Å². The van der Waals surface area contributed by atoms with Gasteiger partial charge in [0.2, 0.25) is 0 Å². The zero-order valence-corrected chi connectivity index (χ0v) is 30.6. The van der Waals surface area contributed by atoms with Crippen LogP contribution in [0.1, 0.15) is 0 Å². The van der Waals surface area contributed by atoms with Gasteiger partial charge in [0, 0.05) is 53.4 Å². The Morgan fingerprint density at radius 1 is 0.345 bits per heavy atom. The number of anilines is 3. The van der Waals surface area contributed by atoms with Crippen LogP contribution >= 0.6 is 11.3 Å². The van der Waals surface area contributed by atoms with Gasteiger partial charge in [0.05, 0.1) is 0 Å². The molecule has 0 bridgehead atoms. The third kappa shape index (κ3) is 5.32. The molecule has 258 valence electrons. The van der Waals surface area contributed by atoms with Gasteiger partial charge in [-0.1, -0.05) is 146 Å². The van der Waals surface area contributed by atoms with E-state index in [-0.39, 0.29) is 0 Å².